The van der Waals surface area contributed by atoms with E-state index in [-0.39, 0.29) is 23.8 Å². The molecule has 1 aliphatic heterocycles. The molecular weight excluding hydrogens is 356 g/mol. The number of nitrogens with one attached hydrogen (secondary N) is 1. The van der Waals surface area contributed by atoms with Crippen LogP contribution in [0.1, 0.15) is 13.2 Å². The first-order chi connectivity index (χ1) is 11.3. The quantitative estimate of drug-likeness (QED) is 0.314. The van der Waals surface area contributed by atoms with Crippen LogP contribution in [0.15, 0.2) is 6.33 Å². The molecule has 0 saturated carbocycles. The first kappa shape index (κ1) is 17.7. The molecule has 1 unspecified atom stereocenters. The third kappa shape index (κ3) is 3.45. The molecule has 10 nitrogen and oxygen atoms in total. The summed E-state index contributed by atoms with van der Waals surface area (Å²) >= 11 is 5.30. The summed E-state index contributed by atoms with van der Waals surface area (Å²) in [5.74, 6) is 0.220. The minimum Gasteiger partial charge on any atom is -0.386 e. The van der Waals surface area contributed by atoms with Crippen molar-refractivity contribution in [1.29, 1.82) is 0 Å². The van der Waals surface area contributed by atoms with Crippen LogP contribution in [0, 0.1) is 4.77 Å². The van der Waals surface area contributed by atoms with Gasteiger partial charge in [0.2, 0.25) is 0 Å². The minimum atomic E-state index is -3.51. The van der Waals surface area contributed by atoms with Crippen molar-refractivity contribution < 1.29 is 23.8 Å². The van der Waals surface area contributed by atoms with E-state index in [4.69, 9.17) is 39.3 Å². The van der Waals surface area contributed by atoms with Gasteiger partial charge in [-0.2, -0.15) is 9.05 Å². The summed E-state index contributed by atoms with van der Waals surface area (Å²) in [7, 11) is 2.02. The van der Waals surface area contributed by atoms with Crippen LogP contribution in [0.2, 0.25) is 0 Å². The smallest absolute Gasteiger partial charge is 0.386 e. The number of hydrogen-bond donors (Lipinski definition) is 4. The molecule has 2 aromatic rings. The molecule has 3 heterocycles. The van der Waals surface area contributed by atoms with Crippen LogP contribution in [0.3, 0.4) is 0 Å². The van der Waals surface area contributed by atoms with Crippen molar-refractivity contribution in [3.63, 3.8) is 0 Å². The lowest BCUT2D eigenvalue weighted by atomic mass is 10.3. The van der Waals surface area contributed by atoms with Crippen LogP contribution < -0.4 is 5.73 Å². The van der Waals surface area contributed by atoms with Crippen LogP contribution in [-0.4, -0.2) is 62.5 Å². The number of nitrogens with zero attached hydrogens (tertiary/aromatic N) is 3. The van der Waals surface area contributed by atoms with Gasteiger partial charge in [-0.15, -0.1) is 0 Å². The fourth-order valence-corrected chi connectivity index (χ4v) is 3.46. The normalized spacial score (nSPS) is 32.2. The molecule has 0 aliphatic carbocycles. The summed E-state index contributed by atoms with van der Waals surface area (Å²) in [6.45, 7) is 1.37. The Morgan fingerprint density at radius 1 is 1.46 bits per heavy atom. The summed E-state index contributed by atoms with van der Waals surface area (Å²) in [6.07, 6.45) is -1.36. The molecule has 5 N–H and O–H groups in total. The van der Waals surface area contributed by atoms with Crippen molar-refractivity contribution in [3.8, 4) is 0 Å². The molecule has 0 aromatic carbocycles. The molecule has 0 amide bonds. The van der Waals surface area contributed by atoms with E-state index < -0.39 is 26.3 Å². The zero-order valence-electron chi connectivity index (χ0n) is 12.7. The van der Waals surface area contributed by atoms with Crippen LogP contribution in [-0.2, 0) is 13.8 Å². The molecule has 13 heteroatoms. The van der Waals surface area contributed by atoms with Gasteiger partial charge in [-0.3, -0.25) is 4.57 Å². The number of fused-ring (bicyclic) bond motifs is 1. The molecule has 1 saturated heterocycles. The van der Waals surface area contributed by atoms with Crippen molar-refractivity contribution in [2.75, 3.05) is 18.9 Å². The number of aliphatic hydroxyl groups excluding tert-OH is 1. The van der Waals surface area contributed by atoms with E-state index in [0.717, 1.165) is 0 Å². The van der Waals surface area contributed by atoms with E-state index in [9.17, 15) is 10.00 Å². The van der Waals surface area contributed by atoms with Gasteiger partial charge in [-0.1, -0.05) is 0 Å². The maximum Gasteiger partial charge on any atom is 0.488 e. The van der Waals surface area contributed by atoms with Crippen molar-refractivity contribution in [1.82, 2.24) is 19.5 Å². The number of aromatic amines is 1. The Balaban J connectivity index is 2.05. The topological polar surface area (TPSA) is 141 Å². The second-order valence-corrected chi connectivity index (χ2v) is 7.35. The van der Waals surface area contributed by atoms with Gasteiger partial charge in [0.25, 0.3) is 0 Å². The molecule has 24 heavy (non-hydrogen) atoms. The van der Waals surface area contributed by atoms with Gasteiger partial charge in [0.05, 0.1) is 6.10 Å². The lowest BCUT2D eigenvalue weighted by molar-refractivity contribution is -0.121. The van der Waals surface area contributed by atoms with E-state index in [1.807, 2.05) is 0 Å². The number of nitrogens with two attached hydrogens (primary N) is 1. The van der Waals surface area contributed by atoms with Crippen molar-refractivity contribution in [2.24, 2.45) is 0 Å². The Hall–Kier alpha value is -1.14. The van der Waals surface area contributed by atoms with Gasteiger partial charge < -0.3 is 20.6 Å². The molecule has 3 rings (SSSR count). The molecule has 0 bridgehead atoms. The van der Waals surface area contributed by atoms with Gasteiger partial charge in [-0.05, 0) is 19.1 Å². The molecule has 1 fully saturated rings. The zero-order chi connectivity index (χ0) is 17.5. The highest BCUT2D eigenvalue weighted by Crippen LogP contribution is 2.52. The average molecular weight is 372 g/mol. The fraction of sp³-hybridized carbons (Fsp3) is 0.545. The van der Waals surface area contributed by atoms with E-state index in [2.05, 4.69) is 15.0 Å². The molecule has 4 atom stereocenters. The van der Waals surface area contributed by atoms with E-state index in [1.54, 1.807) is 6.92 Å². The predicted molar refractivity (Wildman–Crippen MR) is 89.5 cm³/mol. The standard InChI is InChI=1S/C11H16BN5O5PS/c1-5-2-20-23(12,19)21-3-6(18)10(22-5)17-9-7(16-11(17)24)8(13)14-4-15-9/h4-6,10,18-19H,2-3H2,1H3,(H,16,24)(H2,13,14,15)/q+1/t5-,6-,10+,23?/m0/s1. The number of ether oxygens (including phenoxy) is 1. The second-order valence-electron chi connectivity index (χ2n) is 5.32. The maximum absolute atomic E-state index is 10.5. The minimum absolute atomic E-state index is 0.0171. The van der Waals surface area contributed by atoms with Crippen molar-refractivity contribution in [3.05, 3.63) is 11.1 Å². The number of anilines is 1. The summed E-state index contributed by atoms with van der Waals surface area (Å²) in [5, 5.41) is 10.5. The van der Waals surface area contributed by atoms with Gasteiger partial charge >= 0.3 is 15.4 Å². The Kier molecular flexibility index (Phi) is 4.89. The maximum atomic E-state index is 10.5. The monoisotopic (exact) mass is 372 g/mol. The number of H-pyrrole nitrogens is 1. The Morgan fingerprint density at radius 3 is 2.92 bits per heavy atom. The summed E-state index contributed by atoms with van der Waals surface area (Å²) in [4.78, 5) is 20.8. The lowest BCUT2D eigenvalue weighted by Crippen LogP contribution is -2.33. The summed E-state index contributed by atoms with van der Waals surface area (Å²) in [6, 6.07) is 0. The van der Waals surface area contributed by atoms with Crippen LogP contribution in [0.25, 0.3) is 11.2 Å². The van der Waals surface area contributed by atoms with Gasteiger partial charge in [0.15, 0.2) is 22.5 Å². The first-order valence-corrected chi connectivity index (χ1v) is 9.07. The highest BCUT2D eigenvalue weighted by atomic mass is 32.1. The van der Waals surface area contributed by atoms with E-state index >= 15 is 0 Å². The molecule has 0 spiro atoms. The lowest BCUT2D eigenvalue weighted by Gasteiger charge is -2.25. The molecular formula is C11H16BN5O5PS+. The van der Waals surface area contributed by atoms with Crippen molar-refractivity contribution in [2.45, 2.75) is 25.4 Å². The molecule has 2 radical (unpaired) electrons. The number of aromatic nitrogens is 4. The number of imidazole rings is 1. The summed E-state index contributed by atoms with van der Waals surface area (Å²) < 4.78 is 17.7. The SMILES string of the molecule is [B][P+]1(O)OC[C@H](C)O[C@@H](n2c(=S)[nH]c3c(N)ncnc32)[C@@H](O)CO1. The molecule has 128 valence electrons. The number of aliphatic hydroxyl groups is 1. The van der Waals surface area contributed by atoms with Gasteiger partial charge in [0, 0.05) is 0 Å². The highest BCUT2D eigenvalue weighted by Gasteiger charge is 2.40. The first-order valence-electron chi connectivity index (χ1n) is 7.02. The third-order valence-electron chi connectivity index (χ3n) is 3.42. The largest absolute Gasteiger partial charge is 0.488 e. The number of hydrogen-bond acceptors (Lipinski definition) is 9. The zero-order valence-corrected chi connectivity index (χ0v) is 14.4. The van der Waals surface area contributed by atoms with Crippen LogP contribution >= 0.6 is 20.0 Å². The van der Waals surface area contributed by atoms with Gasteiger partial charge in [0.1, 0.15) is 31.2 Å². The van der Waals surface area contributed by atoms with Crippen LogP contribution in [0.4, 0.5) is 5.82 Å². The molecule has 2 aromatic heterocycles. The summed E-state index contributed by atoms with van der Waals surface area (Å²) in [5.41, 5.74) is 6.62. The number of rotatable bonds is 1. The Morgan fingerprint density at radius 2 is 2.17 bits per heavy atom. The van der Waals surface area contributed by atoms with Gasteiger partial charge in [-0.25, -0.2) is 14.9 Å². The van der Waals surface area contributed by atoms with Crippen molar-refractivity contribution >= 4 is 44.6 Å². The van der Waals surface area contributed by atoms with E-state index in [0.29, 0.717) is 11.2 Å². The second kappa shape index (κ2) is 6.64. The fourth-order valence-electron chi connectivity index (χ4n) is 2.31. The average Bonchev–Trinajstić information content (AvgIpc) is 2.87. The Bertz CT molecular complexity index is 801. The van der Waals surface area contributed by atoms with E-state index in [1.165, 1.54) is 10.9 Å². The van der Waals surface area contributed by atoms with Crippen LogP contribution in [0.5, 0.6) is 0 Å². The number of nitrogen functional groups attached to an aromatic ring is 1. The Labute approximate surface area is 143 Å². The predicted octanol–water partition coefficient (Wildman–Crippen LogP) is 0.221. The molecule has 1 aliphatic rings. The highest BCUT2D eigenvalue weighted by molar-refractivity contribution is 7.85. The third-order valence-corrected chi connectivity index (χ3v) is 4.75.